The quantitative estimate of drug-likeness (QED) is 0.634. The molecule has 0 saturated carbocycles. The molecule has 0 N–H and O–H groups in total. The van der Waals surface area contributed by atoms with Crippen LogP contribution in [0.1, 0.15) is 0 Å². The smallest absolute Gasteiger partial charge is 0.166 e. The molecule has 0 aromatic heterocycles. The molecule has 2 rings (SSSR count). The molecule has 17 heavy (non-hydrogen) atoms. The summed E-state index contributed by atoms with van der Waals surface area (Å²) in [4.78, 5) is 0. The Labute approximate surface area is 109 Å². The second-order valence-corrected chi connectivity index (χ2v) is 4.66. The number of halogens is 5. The van der Waals surface area contributed by atoms with Crippen LogP contribution in [0.15, 0.2) is 34.8 Å². The molecule has 0 spiro atoms. The first-order valence-electron chi connectivity index (χ1n) is 4.59. The Balaban J connectivity index is 2.72. The molecule has 0 aliphatic carbocycles. The molecule has 2 aromatic rings. The van der Waals surface area contributed by atoms with Crippen molar-refractivity contribution < 1.29 is 13.2 Å². The van der Waals surface area contributed by atoms with Crippen LogP contribution in [-0.4, -0.2) is 0 Å². The molecule has 0 saturated heterocycles. The zero-order chi connectivity index (χ0) is 12.6. The maximum Gasteiger partial charge on any atom is 0.166 e. The Morgan fingerprint density at radius 3 is 2.35 bits per heavy atom. The molecule has 0 radical (unpaired) electrons. The second kappa shape index (κ2) is 4.70. The first-order valence-corrected chi connectivity index (χ1v) is 5.76. The van der Waals surface area contributed by atoms with E-state index in [1.807, 2.05) is 0 Å². The summed E-state index contributed by atoms with van der Waals surface area (Å²) >= 11 is 8.95. The summed E-state index contributed by atoms with van der Waals surface area (Å²) in [5.74, 6) is -3.17. The Morgan fingerprint density at radius 2 is 1.65 bits per heavy atom. The van der Waals surface area contributed by atoms with E-state index in [4.69, 9.17) is 11.6 Å². The largest absolute Gasteiger partial charge is 0.207 e. The van der Waals surface area contributed by atoms with E-state index in [-0.39, 0.29) is 5.56 Å². The van der Waals surface area contributed by atoms with Gasteiger partial charge in [0, 0.05) is 26.7 Å². The average molecular weight is 322 g/mol. The predicted octanol–water partition coefficient (Wildman–Crippen LogP) is 5.19. The lowest BCUT2D eigenvalue weighted by Crippen LogP contribution is -1.93. The van der Waals surface area contributed by atoms with E-state index in [2.05, 4.69) is 15.9 Å². The summed E-state index contributed by atoms with van der Waals surface area (Å²) < 4.78 is 40.2. The van der Waals surface area contributed by atoms with E-state index in [0.29, 0.717) is 21.1 Å². The minimum Gasteiger partial charge on any atom is -0.207 e. The lowest BCUT2D eigenvalue weighted by molar-refractivity contribution is 0.497. The highest BCUT2D eigenvalue weighted by atomic mass is 79.9. The highest BCUT2D eigenvalue weighted by Crippen LogP contribution is 2.33. The summed E-state index contributed by atoms with van der Waals surface area (Å²) in [5.41, 5.74) is 0.130. The van der Waals surface area contributed by atoms with Gasteiger partial charge in [0.2, 0.25) is 0 Å². The van der Waals surface area contributed by atoms with Crippen molar-refractivity contribution in [1.29, 1.82) is 0 Å². The Morgan fingerprint density at radius 1 is 0.941 bits per heavy atom. The molecule has 0 amide bonds. The van der Waals surface area contributed by atoms with Gasteiger partial charge in [0.25, 0.3) is 0 Å². The molecular weight excluding hydrogens is 316 g/mol. The maximum atomic E-state index is 13.6. The molecule has 0 aliphatic rings. The first-order chi connectivity index (χ1) is 7.99. The van der Waals surface area contributed by atoms with Crippen LogP contribution in [0.4, 0.5) is 13.2 Å². The van der Waals surface area contributed by atoms with Crippen LogP contribution in [0.2, 0.25) is 5.02 Å². The van der Waals surface area contributed by atoms with E-state index in [9.17, 15) is 13.2 Å². The fraction of sp³-hybridized carbons (Fsp3) is 0. The number of benzene rings is 2. The predicted molar refractivity (Wildman–Crippen MR) is 64.5 cm³/mol. The molecular formula is C12H5BrClF3. The third-order valence-electron chi connectivity index (χ3n) is 2.21. The maximum absolute atomic E-state index is 13.6. The van der Waals surface area contributed by atoms with Crippen LogP contribution in [0.3, 0.4) is 0 Å². The Bertz CT molecular complexity index is 584. The molecule has 0 nitrogen and oxygen atoms in total. The van der Waals surface area contributed by atoms with Gasteiger partial charge in [-0.3, -0.25) is 0 Å². The minimum absolute atomic E-state index is 0.170. The van der Waals surface area contributed by atoms with E-state index in [0.717, 1.165) is 6.07 Å². The fourth-order valence-corrected chi connectivity index (χ4v) is 2.09. The van der Waals surface area contributed by atoms with Crippen molar-refractivity contribution in [2.45, 2.75) is 0 Å². The van der Waals surface area contributed by atoms with E-state index >= 15 is 0 Å². The van der Waals surface area contributed by atoms with Crippen LogP contribution in [0.25, 0.3) is 11.1 Å². The molecule has 0 unspecified atom stereocenters. The fourth-order valence-electron chi connectivity index (χ4n) is 1.46. The van der Waals surface area contributed by atoms with Crippen LogP contribution in [-0.2, 0) is 0 Å². The van der Waals surface area contributed by atoms with Crippen LogP contribution in [0.5, 0.6) is 0 Å². The number of rotatable bonds is 1. The third-order valence-corrected chi connectivity index (χ3v) is 3.14. The minimum atomic E-state index is -1.23. The summed E-state index contributed by atoms with van der Waals surface area (Å²) in [6.07, 6.45) is 0. The first kappa shape index (κ1) is 12.5. The van der Waals surface area contributed by atoms with Gasteiger partial charge in [-0.05, 0) is 24.3 Å². The van der Waals surface area contributed by atoms with Gasteiger partial charge in [0.05, 0.1) is 0 Å². The highest BCUT2D eigenvalue weighted by molar-refractivity contribution is 9.10. The van der Waals surface area contributed by atoms with Crippen molar-refractivity contribution in [3.8, 4) is 11.1 Å². The standard InChI is InChI=1S/C12H5BrClF3/c13-10-2-1-6(14)3-8(10)9-4-7(15)5-11(16)12(9)17/h1-5H. The van der Waals surface area contributed by atoms with Gasteiger partial charge in [0.1, 0.15) is 5.82 Å². The van der Waals surface area contributed by atoms with Crippen molar-refractivity contribution >= 4 is 27.5 Å². The summed E-state index contributed by atoms with van der Waals surface area (Å²) in [6, 6.07) is 6.03. The van der Waals surface area contributed by atoms with Crippen molar-refractivity contribution in [3.63, 3.8) is 0 Å². The van der Waals surface area contributed by atoms with E-state index < -0.39 is 17.5 Å². The molecule has 0 atom stereocenters. The van der Waals surface area contributed by atoms with Crippen molar-refractivity contribution in [2.75, 3.05) is 0 Å². The monoisotopic (exact) mass is 320 g/mol. The summed E-state index contributed by atoms with van der Waals surface area (Å²) in [6.45, 7) is 0. The summed E-state index contributed by atoms with van der Waals surface area (Å²) in [5, 5.41) is 0.354. The lowest BCUT2D eigenvalue weighted by Gasteiger charge is -2.07. The van der Waals surface area contributed by atoms with E-state index in [1.54, 1.807) is 12.1 Å². The normalized spacial score (nSPS) is 10.6. The zero-order valence-electron chi connectivity index (χ0n) is 8.28. The van der Waals surface area contributed by atoms with Gasteiger partial charge in [-0.15, -0.1) is 0 Å². The number of hydrogen-bond acceptors (Lipinski definition) is 0. The third kappa shape index (κ3) is 2.48. The van der Waals surface area contributed by atoms with Gasteiger partial charge >= 0.3 is 0 Å². The molecule has 0 fully saturated rings. The van der Waals surface area contributed by atoms with Gasteiger partial charge in [-0.25, -0.2) is 13.2 Å². The SMILES string of the molecule is Fc1cc(F)c(F)c(-c2cc(Cl)ccc2Br)c1. The molecule has 0 aliphatic heterocycles. The zero-order valence-corrected chi connectivity index (χ0v) is 10.6. The van der Waals surface area contributed by atoms with Crippen LogP contribution >= 0.6 is 27.5 Å². The van der Waals surface area contributed by atoms with Gasteiger partial charge in [0.15, 0.2) is 11.6 Å². The summed E-state index contributed by atoms with van der Waals surface area (Å²) in [7, 11) is 0. The molecule has 0 heterocycles. The van der Waals surface area contributed by atoms with Crippen LogP contribution < -0.4 is 0 Å². The van der Waals surface area contributed by atoms with Crippen molar-refractivity contribution in [1.82, 2.24) is 0 Å². The van der Waals surface area contributed by atoms with Gasteiger partial charge < -0.3 is 0 Å². The molecule has 0 bridgehead atoms. The van der Waals surface area contributed by atoms with Crippen LogP contribution in [0, 0.1) is 17.5 Å². The van der Waals surface area contributed by atoms with Gasteiger partial charge in [-0.2, -0.15) is 0 Å². The lowest BCUT2D eigenvalue weighted by atomic mass is 10.0. The highest BCUT2D eigenvalue weighted by Gasteiger charge is 2.15. The second-order valence-electron chi connectivity index (χ2n) is 3.37. The number of hydrogen-bond donors (Lipinski definition) is 0. The topological polar surface area (TPSA) is 0 Å². The van der Waals surface area contributed by atoms with Crippen molar-refractivity contribution in [2.24, 2.45) is 0 Å². The molecule has 5 heteroatoms. The molecule has 2 aromatic carbocycles. The Kier molecular flexibility index (Phi) is 3.45. The van der Waals surface area contributed by atoms with Crippen molar-refractivity contribution in [3.05, 3.63) is 57.3 Å². The molecule has 88 valence electrons. The van der Waals surface area contributed by atoms with E-state index in [1.165, 1.54) is 6.07 Å². The van der Waals surface area contributed by atoms with Gasteiger partial charge in [-0.1, -0.05) is 27.5 Å². The average Bonchev–Trinajstić information content (AvgIpc) is 2.27. The Hall–Kier alpha value is -1.000.